The number of rotatable bonds is 7. The number of ketones is 1. The van der Waals surface area contributed by atoms with Gasteiger partial charge in [-0.05, 0) is 36.4 Å². The Balaban J connectivity index is 1.31. The summed E-state index contributed by atoms with van der Waals surface area (Å²) < 4.78 is 5.52. The number of benzene rings is 2. The quantitative estimate of drug-likeness (QED) is 0.451. The number of nitrogens with zero attached hydrogens (tertiary/aromatic N) is 2. The van der Waals surface area contributed by atoms with Gasteiger partial charge < -0.3 is 4.74 Å². The van der Waals surface area contributed by atoms with Gasteiger partial charge >= 0.3 is 0 Å². The minimum Gasteiger partial charge on any atom is -0.484 e. The van der Waals surface area contributed by atoms with Gasteiger partial charge in [0.2, 0.25) is 0 Å². The van der Waals surface area contributed by atoms with Crippen LogP contribution in [0.5, 0.6) is 5.75 Å². The minimum atomic E-state index is -0.313. The molecule has 0 fully saturated rings. The zero-order valence-corrected chi connectivity index (χ0v) is 16.6. The SMILES string of the molecule is O=C(COc1ccc(C(=O)c2ccccc2)cc1)Nc1nc(-c2cccnc2)cs1. The molecule has 1 amide bonds. The van der Waals surface area contributed by atoms with Crippen LogP contribution in [-0.2, 0) is 4.79 Å². The Morgan fingerprint density at radius 2 is 1.70 bits per heavy atom. The number of anilines is 1. The van der Waals surface area contributed by atoms with Crippen LogP contribution in [0, 0.1) is 0 Å². The van der Waals surface area contributed by atoms with Crippen molar-refractivity contribution in [3.8, 4) is 17.0 Å². The standard InChI is InChI=1S/C23H17N3O3S/c27-21(26-23-25-20(15-30-23)18-7-4-12-24-13-18)14-29-19-10-8-17(9-11-19)22(28)16-5-2-1-3-6-16/h1-13,15H,14H2,(H,25,26,27). The predicted molar refractivity (Wildman–Crippen MR) is 116 cm³/mol. The van der Waals surface area contributed by atoms with Crippen molar-refractivity contribution in [2.45, 2.75) is 0 Å². The maximum Gasteiger partial charge on any atom is 0.264 e. The van der Waals surface area contributed by atoms with Gasteiger partial charge in [0, 0.05) is 34.5 Å². The summed E-state index contributed by atoms with van der Waals surface area (Å²) in [5, 5.41) is 5.07. The number of nitrogens with one attached hydrogen (secondary N) is 1. The van der Waals surface area contributed by atoms with E-state index in [1.54, 1.807) is 48.8 Å². The third kappa shape index (κ3) is 4.76. The van der Waals surface area contributed by atoms with Crippen molar-refractivity contribution in [2.24, 2.45) is 0 Å². The van der Waals surface area contributed by atoms with Crippen LogP contribution in [0.15, 0.2) is 84.5 Å². The molecule has 0 aliphatic carbocycles. The molecule has 2 heterocycles. The van der Waals surface area contributed by atoms with E-state index in [0.29, 0.717) is 22.0 Å². The molecular formula is C23H17N3O3S. The lowest BCUT2D eigenvalue weighted by Crippen LogP contribution is -2.20. The molecule has 0 saturated heterocycles. The van der Waals surface area contributed by atoms with Gasteiger partial charge in [-0.3, -0.25) is 19.9 Å². The number of pyridine rings is 1. The van der Waals surface area contributed by atoms with E-state index in [1.165, 1.54) is 11.3 Å². The summed E-state index contributed by atoms with van der Waals surface area (Å²) in [4.78, 5) is 33.0. The molecule has 0 aliphatic heterocycles. The van der Waals surface area contributed by atoms with Crippen LogP contribution in [0.4, 0.5) is 5.13 Å². The van der Waals surface area contributed by atoms with Gasteiger partial charge in [0.1, 0.15) is 5.75 Å². The largest absolute Gasteiger partial charge is 0.484 e. The van der Waals surface area contributed by atoms with Crippen LogP contribution in [0.3, 0.4) is 0 Å². The molecule has 0 unspecified atom stereocenters. The van der Waals surface area contributed by atoms with Crippen molar-refractivity contribution >= 4 is 28.2 Å². The molecule has 0 spiro atoms. The minimum absolute atomic E-state index is 0.0620. The molecule has 4 aromatic rings. The summed E-state index contributed by atoms with van der Waals surface area (Å²) in [5.41, 5.74) is 2.82. The Labute approximate surface area is 177 Å². The molecule has 0 bridgehead atoms. The predicted octanol–water partition coefficient (Wildman–Crippen LogP) is 4.45. The van der Waals surface area contributed by atoms with E-state index in [0.717, 1.165) is 11.3 Å². The highest BCUT2D eigenvalue weighted by Crippen LogP contribution is 2.24. The molecule has 7 heteroatoms. The topological polar surface area (TPSA) is 81.2 Å². The smallest absolute Gasteiger partial charge is 0.264 e. The molecule has 4 rings (SSSR count). The molecule has 0 saturated carbocycles. The lowest BCUT2D eigenvalue weighted by Gasteiger charge is -2.07. The Morgan fingerprint density at radius 3 is 2.43 bits per heavy atom. The van der Waals surface area contributed by atoms with Gasteiger partial charge in [0.25, 0.3) is 5.91 Å². The summed E-state index contributed by atoms with van der Waals surface area (Å²) in [6.45, 7) is -0.159. The lowest BCUT2D eigenvalue weighted by molar-refractivity contribution is -0.118. The van der Waals surface area contributed by atoms with Crippen molar-refractivity contribution in [1.82, 2.24) is 9.97 Å². The Bertz CT molecular complexity index is 1140. The number of carbonyl (C=O) groups excluding carboxylic acids is 2. The molecule has 0 aliphatic rings. The number of hydrogen-bond acceptors (Lipinski definition) is 6. The fourth-order valence-electron chi connectivity index (χ4n) is 2.74. The van der Waals surface area contributed by atoms with E-state index in [1.807, 2.05) is 35.7 Å². The van der Waals surface area contributed by atoms with Gasteiger partial charge in [-0.1, -0.05) is 30.3 Å². The van der Waals surface area contributed by atoms with E-state index in [4.69, 9.17) is 4.74 Å². The second-order valence-electron chi connectivity index (χ2n) is 6.34. The first kappa shape index (κ1) is 19.5. The summed E-state index contributed by atoms with van der Waals surface area (Å²) in [7, 11) is 0. The highest BCUT2D eigenvalue weighted by atomic mass is 32.1. The maximum absolute atomic E-state index is 12.4. The second-order valence-corrected chi connectivity index (χ2v) is 7.19. The van der Waals surface area contributed by atoms with Gasteiger partial charge in [-0.2, -0.15) is 0 Å². The van der Waals surface area contributed by atoms with Crippen molar-refractivity contribution in [2.75, 3.05) is 11.9 Å². The van der Waals surface area contributed by atoms with Crippen molar-refractivity contribution < 1.29 is 14.3 Å². The van der Waals surface area contributed by atoms with E-state index in [2.05, 4.69) is 15.3 Å². The van der Waals surface area contributed by atoms with Crippen LogP contribution < -0.4 is 10.1 Å². The Hall–Kier alpha value is -3.84. The highest BCUT2D eigenvalue weighted by molar-refractivity contribution is 7.14. The summed E-state index contributed by atoms with van der Waals surface area (Å²) in [5.74, 6) is 0.129. The maximum atomic E-state index is 12.4. The van der Waals surface area contributed by atoms with Crippen LogP contribution in [-0.4, -0.2) is 28.3 Å². The summed E-state index contributed by atoms with van der Waals surface area (Å²) in [6.07, 6.45) is 3.41. The van der Waals surface area contributed by atoms with Crippen LogP contribution in [0.2, 0.25) is 0 Å². The fraction of sp³-hybridized carbons (Fsp3) is 0.0435. The third-order valence-electron chi connectivity index (χ3n) is 4.23. The van der Waals surface area contributed by atoms with Crippen molar-refractivity contribution in [3.05, 3.63) is 95.6 Å². The molecule has 2 aromatic heterocycles. The highest BCUT2D eigenvalue weighted by Gasteiger charge is 2.11. The summed E-state index contributed by atoms with van der Waals surface area (Å²) >= 11 is 1.33. The zero-order valence-electron chi connectivity index (χ0n) is 15.8. The van der Waals surface area contributed by atoms with Crippen LogP contribution in [0.1, 0.15) is 15.9 Å². The fourth-order valence-corrected chi connectivity index (χ4v) is 3.48. The molecule has 6 nitrogen and oxygen atoms in total. The monoisotopic (exact) mass is 415 g/mol. The van der Waals surface area contributed by atoms with E-state index >= 15 is 0 Å². The van der Waals surface area contributed by atoms with E-state index in [9.17, 15) is 9.59 Å². The molecule has 30 heavy (non-hydrogen) atoms. The molecule has 148 valence electrons. The van der Waals surface area contributed by atoms with Crippen LogP contribution in [0.25, 0.3) is 11.3 Å². The number of amides is 1. The first-order chi connectivity index (χ1) is 14.7. The van der Waals surface area contributed by atoms with Crippen LogP contribution >= 0.6 is 11.3 Å². The molecule has 2 aromatic carbocycles. The Morgan fingerprint density at radius 1 is 0.933 bits per heavy atom. The Kier molecular flexibility index (Phi) is 5.91. The second kappa shape index (κ2) is 9.11. The van der Waals surface area contributed by atoms with Gasteiger partial charge in [-0.25, -0.2) is 4.98 Å². The van der Waals surface area contributed by atoms with Gasteiger partial charge in [0.05, 0.1) is 5.69 Å². The molecule has 0 radical (unpaired) electrons. The van der Waals surface area contributed by atoms with Gasteiger partial charge in [-0.15, -0.1) is 11.3 Å². The average Bonchev–Trinajstić information content (AvgIpc) is 3.27. The number of ether oxygens (including phenoxy) is 1. The first-order valence-corrected chi connectivity index (χ1v) is 10.1. The van der Waals surface area contributed by atoms with Gasteiger partial charge in [0.15, 0.2) is 17.5 Å². The number of aromatic nitrogens is 2. The number of carbonyl (C=O) groups is 2. The number of thiazole rings is 1. The molecular weight excluding hydrogens is 398 g/mol. The lowest BCUT2D eigenvalue weighted by atomic mass is 10.0. The third-order valence-corrected chi connectivity index (χ3v) is 4.99. The summed E-state index contributed by atoms with van der Waals surface area (Å²) in [6, 6.07) is 19.5. The van der Waals surface area contributed by atoms with Crippen molar-refractivity contribution in [3.63, 3.8) is 0 Å². The first-order valence-electron chi connectivity index (χ1n) is 9.17. The van der Waals surface area contributed by atoms with Crippen molar-refractivity contribution in [1.29, 1.82) is 0 Å². The van der Waals surface area contributed by atoms with E-state index in [-0.39, 0.29) is 18.3 Å². The van der Waals surface area contributed by atoms with E-state index < -0.39 is 0 Å². The molecule has 0 atom stereocenters. The molecule has 1 N–H and O–H groups in total. The average molecular weight is 415 g/mol. The normalized spacial score (nSPS) is 10.4. The number of hydrogen-bond donors (Lipinski definition) is 1. The zero-order chi connectivity index (χ0) is 20.8.